The molecule has 2 heterocycles. The van der Waals surface area contributed by atoms with Crippen molar-refractivity contribution in [3.63, 3.8) is 0 Å². The van der Waals surface area contributed by atoms with E-state index in [-0.39, 0.29) is 22.6 Å². The summed E-state index contributed by atoms with van der Waals surface area (Å²) in [7, 11) is -0.654. The second kappa shape index (κ2) is 15.0. The van der Waals surface area contributed by atoms with Crippen LogP contribution in [-0.2, 0) is 36.2 Å². The van der Waals surface area contributed by atoms with E-state index in [1.807, 2.05) is 37.3 Å². The Balaban J connectivity index is 1.63. The molecule has 1 aliphatic carbocycles. The molecule has 2 N–H and O–H groups in total. The summed E-state index contributed by atoms with van der Waals surface area (Å²) in [5.74, 6) is 1.99. The molecule has 12 nitrogen and oxygen atoms in total. The molecule has 1 aromatic carbocycles. The van der Waals surface area contributed by atoms with E-state index in [4.69, 9.17) is 40.9 Å². The van der Waals surface area contributed by atoms with Crippen LogP contribution < -0.4 is 14.9 Å². The fourth-order valence-electron chi connectivity index (χ4n) is 4.72. The maximum atomic E-state index is 12.6. The highest BCUT2D eigenvalue weighted by Crippen LogP contribution is 2.41. The molecule has 0 spiro atoms. The van der Waals surface area contributed by atoms with Crippen molar-refractivity contribution < 1.29 is 27.0 Å². The molecule has 0 bridgehead atoms. The summed E-state index contributed by atoms with van der Waals surface area (Å²) in [5.41, 5.74) is 7.06. The van der Waals surface area contributed by atoms with Crippen LogP contribution in [0.2, 0.25) is 5.02 Å². The zero-order valence-electron chi connectivity index (χ0n) is 26.0. The molecule has 0 aliphatic heterocycles. The van der Waals surface area contributed by atoms with E-state index in [1.165, 1.54) is 7.05 Å². The lowest BCUT2D eigenvalue weighted by Crippen LogP contribution is -2.35. The van der Waals surface area contributed by atoms with Crippen molar-refractivity contribution in [3.05, 3.63) is 52.9 Å². The van der Waals surface area contributed by atoms with Gasteiger partial charge in [-0.3, -0.25) is 4.31 Å². The first-order valence-corrected chi connectivity index (χ1v) is 16.8. The van der Waals surface area contributed by atoms with Gasteiger partial charge in [0.25, 0.3) is 0 Å². The number of nitrogens with zero attached hydrogens (tertiary/aromatic N) is 5. The van der Waals surface area contributed by atoms with E-state index in [9.17, 15) is 8.42 Å². The summed E-state index contributed by atoms with van der Waals surface area (Å²) < 4.78 is 48.7. The summed E-state index contributed by atoms with van der Waals surface area (Å²) in [4.78, 5) is 6.81. The summed E-state index contributed by atoms with van der Waals surface area (Å²) in [6.07, 6.45) is 2.67. The topological polar surface area (TPSA) is 146 Å². The third kappa shape index (κ3) is 9.11. The predicted octanol–water partition coefficient (Wildman–Crippen LogP) is 3.74. The van der Waals surface area contributed by atoms with E-state index in [2.05, 4.69) is 22.0 Å². The van der Waals surface area contributed by atoms with Crippen LogP contribution in [0.3, 0.4) is 0 Å². The lowest BCUT2D eigenvalue weighted by atomic mass is 9.94. The zero-order valence-corrected chi connectivity index (χ0v) is 27.6. The number of methoxy groups -OCH3 is 1. The first-order valence-electron chi connectivity index (χ1n) is 14.6. The zero-order chi connectivity index (χ0) is 31.9. The minimum atomic E-state index is -3.69. The minimum absolute atomic E-state index is 0.0579. The van der Waals surface area contributed by atoms with Gasteiger partial charge in [-0.15, -0.1) is 10.2 Å². The maximum Gasteiger partial charge on any atom is 0.249 e. The van der Waals surface area contributed by atoms with Gasteiger partial charge in [0.2, 0.25) is 21.8 Å². The fraction of sp³-hybridized carbons (Fsp3) is 0.567. The van der Waals surface area contributed by atoms with E-state index in [0.717, 1.165) is 29.1 Å². The minimum Gasteiger partial charge on any atom is -0.419 e. The molecule has 1 aliphatic rings. The highest BCUT2D eigenvalue weighted by Gasteiger charge is 2.35. The first kappa shape index (κ1) is 34.1. The quantitative estimate of drug-likeness (QED) is 0.201. The smallest absolute Gasteiger partial charge is 0.249 e. The highest BCUT2D eigenvalue weighted by molar-refractivity contribution is 7.92. The van der Waals surface area contributed by atoms with Gasteiger partial charge in [0.1, 0.15) is 5.82 Å². The van der Waals surface area contributed by atoms with Gasteiger partial charge in [-0.05, 0) is 43.2 Å². The Bertz CT molecular complexity index is 1470. The Morgan fingerprint density at radius 3 is 2.41 bits per heavy atom. The van der Waals surface area contributed by atoms with Crippen LogP contribution in [-0.4, -0.2) is 90.1 Å². The molecular formula is C30H43ClN6O6S. The van der Waals surface area contributed by atoms with E-state index >= 15 is 0 Å². The molecule has 14 heteroatoms. The lowest BCUT2D eigenvalue weighted by molar-refractivity contribution is 0.0264. The molecule has 0 radical (unpaired) electrons. The van der Waals surface area contributed by atoms with E-state index < -0.39 is 15.6 Å². The van der Waals surface area contributed by atoms with Gasteiger partial charge in [0.05, 0.1) is 55.4 Å². The van der Waals surface area contributed by atoms with Crippen LogP contribution in [0, 0.1) is 11.8 Å². The summed E-state index contributed by atoms with van der Waals surface area (Å²) >= 11 is 6.82. The molecule has 2 aromatic heterocycles. The largest absolute Gasteiger partial charge is 0.419 e. The van der Waals surface area contributed by atoms with Crippen molar-refractivity contribution in [2.24, 2.45) is 17.6 Å². The van der Waals surface area contributed by atoms with Gasteiger partial charge < -0.3 is 29.3 Å². The first-order chi connectivity index (χ1) is 20.9. The molecule has 3 unspecified atom stereocenters. The number of benzene rings is 1. The van der Waals surface area contributed by atoms with Crippen LogP contribution in [0.25, 0.3) is 11.5 Å². The van der Waals surface area contributed by atoms with Crippen molar-refractivity contribution in [2.75, 3.05) is 75.7 Å². The van der Waals surface area contributed by atoms with Gasteiger partial charge in [-0.2, -0.15) is 0 Å². The van der Waals surface area contributed by atoms with Crippen LogP contribution in [0.15, 0.2) is 40.8 Å². The molecule has 4 rings (SSSR count). The monoisotopic (exact) mass is 650 g/mol. The SMILES string of the molecule is COCCOCCOCCN(CC1CC1C)c1cc(-c2nnc(C(C)(N)Cc3ccccc3)o2)c(Cl)c(N(C)S(C)(=O)=O)n1. The van der Waals surface area contributed by atoms with Crippen molar-refractivity contribution >= 4 is 33.3 Å². The number of nitrogens with two attached hydrogens (primary N) is 1. The second-order valence-electron chi connectivity index (χ2n) is 11.5. The average Bonchev–Trinajstić information content (AvgIpc) is 3.44. The maximum absolute atomic E-state index is 12.6. The standard InChI is InChI=1S/C30H43ClN6O6S/c1-21-17-23(21)20-37(11-12-41-15-16-42-14-13-40-4)25-18-24(26(31)27(33-25)36(3)44(5,38)39)28-34-35-29(43-28)30(2,32)19-22-9-7-6-8-10-22/h6-10,18,21,23H,11-17,19-20,32H2,1-5H3. The molecule has 44 heavy (non-hydrogen) atoms. The van der Waals surface area contributed by atoms with Crippen LogP contribution >= 0.6 is 11.6 Å². The molecular weight excluding hydrogens is 608 g/mol. The number of pyridine rings is 1. The van der Waals surface area contributed by atoms with Crippen molar-refractivity contribution in [1.29, 1.82) is 0 Å². The molecule has 1 saturated carbocycles. The molecule has 1 fully saturated rings. The Hall–Kier alpha value is -2.81. The van der Waals surface area contributed by atoms with Gasteiger partial charge in [-0.25, -0.2) is 13.4 Å². The number of halogens is 1. The Kier molecular flexibility index (Phi) is 11.6. The van der Waals surface area contributed by atoms with Gasteiger partial charge in [0.15, 0.2) is 5.82 Å². The molecule has 0 saturated heterocycles. The number of sulfonamides is 1. The molecule has 242 valence electrons. The molecule has 0 amide bonds. The van der Waals surface area contributed by atoms with E-state index in [0.29, 0.717) is 69.2 Å². The van der Waals surface area contributed by atoms with Crippen molar-refractivity contribution in [2.45, 2.75) is 32.2 Å². The number of hydrogen-bond acceptors (Lipinski definition) is 11. The summed E-state index contributed by atoms with van der Waals surface area (Å²) in [6.45, 7) is 7.61. The molecule has 3 atom stereocenters. The van der Waals surface area contributed by atoms with Gasteiger partial charge in [-0.1, -0.05) is 48.9 Å². The summed E-state index contributed by atoms with van der Waals surface area (Å²) in [5, 5.41) is 8.61. The van der Waals surface area contributed by atoms with E-state index in [1.54, 1.807) is 13.2 Å². The van der Waals surface area contributed by atoms with Crippen molar-refractivity contribution in [3.8, 4) is 11.5 Å². The normalized spacial score (nSPS) is 17.8. The van der Waals surface area contributed by atoms with Crippen LogP contribution in [0.1, 0.15) is 31.7 Å². The van der Waals surface area contributed by atoms with Crippen molar-refractivity contribution in [1.82, 2.24) is 15.2 Å². The number of rotatable bonds is 18. The number of hydrogen-bond donors (Lipinski definition) is 1. The second-order valence-corrected chi connectivity index (χ2v) is 13.9. The van der Waals surface area contributed by atoms with Crippen LogP contribution in [0.4, 0.5) is 11.6 Å². The predicted molar refractivity (Wildman–Crippen MR) is 170 cm³/mol. The Morgan fingerprint density at radius 1 is 1.11 bits per heavy atom. The lowest BCUT2D eigenvalue weighted by Gasteiger charge is -2.27. The van der Waals surface area contributed by atoms with Crippen LogP contribution in [0.5, 0.6) is 0 Å². The summed E-state index contributed by atoms with van der Waals surface area (Å²) in [6, 6.07) is 11.5. The third-order valence-electron chi connectivity index (χ3n) is 7.64. The average molecular weight is 651 g/mol. The van der Waals surface area contributed by atoms with Gasteiger partial charge in [0, 0.05) is 27.2 Å². The number of ether oxygens (including phenoxy) is 3. The Morgan fingerprint density at radius 2 is 1.77 bits per heavy atom. The number of aromatic nitrogens is 3. The third-order valence-corrected chi connectivity index (χ3v) is 9.19. The Labute approximate surface area is 264 Å². The number of anilines is 2. The molecule has 3 aromatic rings. The fourth-order valence-corrected chi connectivity index (χ4v) is 5.52. The van der Waals surface area contributed by atoms with Gasteiger partial charge >= 0.3 is 0 Å². The highest BCUT2D eigenvalue weighted by atomic mass is 35.5.